The first-order valence-corrected chi connectivity index (χ1v) is 5.56. The van der Waals surface area contributed by atoms with E-state index in [9.17, 15) is 9.59 Å². The SMILES string of the molecule is NC(=O)c1ccc(CNCC(O)C(N)=O)c(Cl)c1. The van der Waals surface area contributed by atoms with Crippen LogP contribution in [-0.4, -0.2) is 29.6 Å². The van der Waals surface area contributed by atoms with Gasteiger partial charge in [0.1, 0.15) is 6.10 Å². The summed E-state index contributed by atoms with van der Waals surface area (Å²) in [4.78, 5) is 21.5. The zero-order chi connectivity index (χ0) is 13.7. The van der Waals surface area contributed by atoms with Gasteiger partial charge in [0.05, 0.1) is 0 Å². The molecule has 1 aromatic rings. The fourth-order valence-corrected chi connectivity index (χ4v) is 1.54. The summed E-state index contributed by atoms with van der Waals surface area (Å²) >= 11 is 5.95. The number of aliphatic hydroxyl groups is 1. The van der Waals surface area contributed by atoms with E-state index in [-0.39, 0.29) is 6.54 Å². The summed E-state index contributed by atoms with van der Waals surface area (Å²) in [5.41, 5.74) is 11.0. The molecular weight excluding hydrogens is 258 g/mol. The van der Waals surface area contributed by atoms with E-state index in [2.05, 4.69) is 5.32 Å². The second kappa shape index (κ2) is 6.34. The van der Waals surface area contributed by atoms with Crippen LogP contribution >= 0.6 is 11.6 Å². The molecule has 0 aliphatic rings. The first-order valence-electron chi connectivity index (χ1n) is 5.18. The van der Waals surface area contributed by atoms with E-state index in [1.54, 1.807) is 12.1 Å². The molecule has 1 unspecified atom stereocenters. The van der Waals surface area contributed by atoms with Crippen molar-refractivity contribution in [3.63, 3.8) is 0 Å². The number of hydrogen-bond acceptors (Lipinski definition) is 4. The lowest BCUT2D eigenvalue weighted by molar-refractivity contribution is -0.125. The molecule has 6 N–H and O–H groups in total. The predicted octanol–water partition coefficient (Wildman–Crippen LogP) is -0.625. The fraction of sp³-hybridized carbons (Fsp3) is 0.273. The van der Waals surface area contributed by atoms with Gasteiger partial charge in [-0.2, -0.15) is 0 Å². The van der Waals surface area contributed by atoms with Gasteiger partial charge < -0.3 is 21.9 Å². The minimum Gasteiger partial charge on any atom is -0.382 e. The first kappa shape index (κ1) is 14.4. The second-order valence-corrected chi connectivity index (χ2v) is 4.13. The standard InChI is InChI=1S/C11H14ClN3O3/c12-8-3-6(10(13)17)1-2-7(8)4-15-5-9(16)11(14)18/h1-3,9,15-16H,4-5H2,(H2,13,17)(H2,14,18). The van der Waals surface area contributed by atoms with Crippen molar-refractivity contribution in [2.75, 3.05) is 6.54 Å². The molecule has 0 saturated heterocycles. The number of halogens is 1. The molecule has 6 nitrogen and oxygen atoms in total. The van der Waals surface area contributed by atoms with E-state index in [0.29, 0.717) is 17.1 Å². The van der Waals surface area contributed by atoms with Gasteiger partial charge in [0.25, 0.3) is 0 Å². The average Bonchev–Trinajstić information content (AvgIpc) is 2.30. The van der Waals surface area contributed by atoms with Gasteiger partial charge in [-0.25, -0.2) is 0 Å². The van der Waals surface area contributed by atoms with Crippen molar-refractivity contribution in [3.05, 3.63) is 34.3 Å². The van der Waals surface area contributed by atoms with Crippen molar-refractivity contribution in [1.29, 1.82) is 0 Å². The maximum absolute atomic E-state index is 10.9. The van der Waals surface area contributed by atoms with E-state index in [1.165, 1.54) is 6.07 Å². The lowest BCUT2D eigenvalue weighted by Gasteiger charge is -2.10. The van der Waals surface area contributed by atoms with E-state index in [1.807, 2.05) is 0 Å². The third-order valence-electron chi connectivity index (χ3n) is 2.32. The number of carbonyl (C=O) groups is 2. The molecule has 0 radical (unpaired) electrons. The van der Waals surface area contributed by atoms with E-state index >= 15 is 0 Å². The number of nitrogens with one attached hydrogen (secondary N) is 1. The zero-order valence-corrected chi connectivity index (χ0v) is 10.3. The molecule has 1 rings (SSSR count). The summed E-state index contributed by atoms with van der Waals surface area (Å²) in [6, 6.07) is 4.66. The van der Waals surface area contributed by atoms with Gasteiger partial charge in [-0.1, -0.05) is 17.7 Å². The Morgan fingerprint density at radius 2 is 2.06 bits per heavy atom. The van der Waals surface area contributed by atoms with Gasteiger partial charge in [-0.3, -0.25) is 9.59 Å². The maximum atomic E-state index is 10.9. The van der Waals surface area contributed by atoms with Gasteiger partial charge in [-0.05, 0) is 17.7 Å². The van der Waals surface area contributed by atoms with Gasteiger partial charge in [-0.15, -0.1) is 0 Å². The molecule has 0 aromatic heterocycles. The number of rotatable bonds is 6. The van der Waals surface area contributed by atoms with Crippen LogP contribution in [0.2, 0.25) is 5.02 Å². The Morgan fingerprint density at radius 3 is 2.56 bits per heavy atom. The molecule has 0 saturated carbocycles. The van der Waals surface area contributed by atoms with E-state index in [4.69, 9.17) is 28.2 Å². The Morgan fingerprint density at radius 1 is 1.39 bits per heavy atom. The van der Waals surface area contributed by atoms with Gasteiger partial charge in [0.2, 0.25) is 11.8 Å². The van der Waals surface area contributed by atoms with E-state index in [0.717, 1.165) is 5.56 Å². The summed E-state index contributed by atoms with van der Waals surface area (Å²) in [5, 5.41) is 12.4. The molecule has 18 heavy (non-hydrogen) atoms. The smallest absolute Gasteiger partial charge is 0.248 e. The lowest BCUT2D eigenvalue weighted by Crippen LogP contribution is -2.37. The number of amides is 2. The van der Waals surface area contributed by atoms with Gasteiger partial charge >= 0.3 is 0 Å². The predicted molar refractivity (Wildman–Crippen MR) is 66.9 cm³/mol. The molecular formula is C11H14ClN3O3. The Balaban J connectivity index is 2.58. The number of aliphatic hydroxyl groups excluding tert-OH is 1. The van der Waals surface area contributed by atoms with Crippen LogP contribution in [-0.2, 0) is 11.3 Å². The van der Waals surface area contributed by atoms with Crippen LogP contribution < -0.4 is 16.8 Å². The Hall–Kier alpha value is -1.63. The summed E-state index contributed by atoms with van der Waals surface area (Å²) in [7, 11) is 0. The molecule has 0 heterocycles. The van der Waals surface area contributed by atoms with Crippen molar-refractivity contribution in [3.8, 4) is 0 Å². The summed E-state index contributed by atoms with van der Waals surface area (Å²) in [6.07, 6.45) is -1.24. The number of hydrogen-bond donors (Lipinski definition) is 4. The van der Waals surface area contributed by atoms with Crippen molar-refractivity contribution in [2.24, 2.45) is 11.5 Å². The van der Waals surface area contributed by atoms with Crippen LogP contribution in [0, 0.1) is 0 Å². The minimum absolute atomic E-state index is 0.0310. The fourth-order valence-electron chi connectivity index (χ4n) is 1.29. The normalized spacial score (nSPS) is 12.1. The number of carbonyl (C=O) groups excluding carboxylic acids is 2. The van der Waals surface area contributed by atoms with Crippen LogP contribution in [0.1, 0.15) is 15.9 Å². The van der Waals surface area contributed by atoms with Crippen molar-refractivity contribution >= 4 is 23.4 Å². The third kappa shape index (κ3) is 3.99. The van der Waals surface area contributed by atoms with Crippen LogP contribution in [0.5, 0.6) is 0 Å². The zero-order valence-electron chi connectivity index (χ0n) is 9.52. The van der Waals surface area contributed by atoms with Crippen LogP contribution in [0.25, 0.3) is 0 Å². The minimum atomic E-state index is -1.24. The highest BCUT2D eigenvalue weighted by Crippen LogP contribution is 2.17. The molecule has 0 bridgehead atoms. The summed E-state index contributed by atoms with van der Waals surface area (Å²) in [5.74, 6) is -1.35. The lowest BCUT2D eigenvalue weighted by atomic mass is 10.1. The van der Waals surface area contributed by atoms with Crippen molar-refractivity contribution < 1.29 is 14.7 Å². The van der Waals surface area contributed by atoms with Gasteiger partial charge in [0.15, 0.2) is 0 Å². The van der Waals surface area contributed by atoms with Crippen LogP contribution in [0.15, 0.2) is 18.2 Å². The molecule has 7 heteroatoms. The number of benzene rings is 1. The molecule has 98 valence electrons. The monoisotopic (exact) mass is 271 g/mol. The Kier molecular flexibility index (Phi) is 5.08. The Labute approximate surface area is 109 Å². The third-order valence-corrected chi connectivity index (χ3v) is 2.67. The highest BCUT2D eigenvalue weighted by Gasteiger charge is 2.10. The van der Waals surface area contributed by atoms with Crippen molar-refractivity contribution in [1.82, 2.24) is 5.32 Å². The summed E-state index contributed by atoms with van der Waals surface area (Å²) < 4.78 is 0. The Bertz CT molecular complexity index is 465. The van der Waals surface area contributed by atoms with Crippen LogP contribution in [0.3, 0.4) is 0 Å². The molecule has 1 atom stereocenters. The largest absolute Gasteiger partial charge is 0.382 e. The molecule has 0 aliphatic carbocycles. The number of nitrogens with two attached hydrogens (primary N) is 2. The van der Waals surface area contributed by atoms with Gasteiger partial charge in [0, 0.05) is 23.7 Å². The summed E-state index contributed by atoms with van der Waals surface area (Å²) in [6.45, 7) is 0.367. The molecule has 0 spiro atoms. The maximum Gasteiger partial charge on any atom is 0.248 e. The van der Waals surface area contributed by atoms with Crippen molar-refractivity contribution in [2.45, 2.75) is 12.6 Å². The average molecular weight is 272 g/mol. The topological polar surface area (TPSA) is 118 Å². The quantitative estimate of drug-likeness (QED) is 0.551. The van der Waals surface area contributed by atoms with E-state index < -0.39 is 17.9 Å². The highest BCUT2D eigenvalue weighted by atomic mass is 35.5. The molecule has 0 aliphatic heterocycles. The second-order valence-electron chi connectivity index (χ2n) is 3.72. The molecule has 2 amide bonds. The molecule has 0 fully saturated rings. The molecule has 1 aromatic carbocycles. The first-order chi connectivity index (χ1) is 8.41. The van der Waals surface area contributed by atoms with Crippen LogP contribution in [0.4, 0.5) is 0 Å². The highest BCUT2D eigenvalue weighted by molar-refractivity contribution is 6.31. The number of primary amides is 2.